The van der Waals surface area contributed by atoms with Crippen molar-refractivity contribution in [1.82, 2.24) is 5.32 Å². The number of carbonyl (C=O) groups excluding carboxylic acids is 2. The van der Waals surface area contributed by atoms with Gasteiger partial charge in [0.25, 0.3) is 0 Å². The van der Waals surface area contributed by atoms with E-state index in [-0.39, 0.29) is 18.5 Å². The Morgan fingerprint density at radius 3 is 0.895 bits per heavy atom. The molecule has 0 rings (SSSR count). The van der Waals surface area contributed by atoms with Gasteiger partial charge in [-0.25, -0.2) is 0 Å². The third-order valence-corrected chi connectivity index (χ3v) is 17.8. The van der Waals surface area contributed by atoms with Gasteiger partial charge in [0.2, 0.25) is 5.91 Å². The predicted octanol–water partition coefficient (Wildman–Crippen LogP) is 25.4. The highest BCUT2D eigenvalue weighted by Crippen LogP contribution is 2.19. The van der Waals surface area contributed by atoms with Crippen molar-refractivity contribution in [2.45, 2.75) is 424 Å². The van der Waals surface area contributed by atoms with Crippen molar-refractivity contribution in [3.05, 3.63) is 60.8 Å². The van der Waals surface area contributed by atoms with Gasteiger partial charge in [-0.1, -0.05) is 364 Å². The summed E-state index contributed by atoms with van der Waals surface area (Å²) in [6.45, 7) is 4.92. The molecular formula is C80H149NO5. The molecule has 2 unspecified atom stereocenters. The van der Waals surface area contributed by atoms with E-state index in [0.717, 1.165) is 57.8 Å². The Bertz CT molecular complexity index is 1480. The lowest BCUT2D eigenvalue weighted by Crippen LogP contribution is -2.45. The van der Waals surface area contributed by atoms with Crippen LogP contribution in [-0.4, -0.2) is 47.4 Å². The van der Waals surface area contributed by atoms with Gasteiger partial charge in [-0.15, -0.1) is 0 Å². The molecule has 0 aliphatic rings. The molecule has 2 atom stereocenters. The Balaban J connectivity index is 3.43. The van der Waals surface area contributed by atoms with E-state index in [4.69, 9.17) is 4.74 Å². The second kappa shape index (κ2) is 75.0. The Kier molecular flexibility index (Phi) is 72.9. The highest BCUT2D eigenvalue weighted by atomic mass is 16.5. The zero-order chi connectivity index (χ0) is 62.0. The number of ether oxygens (including phenoxy) is 1. The van der Waals surface area contributed by atoms with E-state index < -0.39 is 12.1 Å². The first-order chi connectivity index (χ1) is 42.5. The summed E-state index contributed by atoms with van der Waals surface area (Å²) in [6, 6.07) is -0.631. The lowest BCUT2D eigenvalue weighted by Gasteiger charge is -2.20. The monoisotopic (exact) mass is 1200 g/mol. The predicted molar refractivity (Wildman–Crippen MR) is 379 cm³/mol. The molecule has 504 valence electrons. The molecule has 1 amide bonds. The van der Waals surface area contributed by atoms with Crippen LogP contribution < -0.4 is 5.32 Å². The summed E-state index contributed by atoms with van der Waals surface area (Å²) in [6.07, 6.45) is 100. The highest BCUT2D eigenvalue weighted by molar-refractivity contribution is 5.76. The van der Waals surface area contributed by atoms with E-state index in [1.807, 2.05) is 6.08 Å². The molecule has 3 N–H and O–H groups in total. The Labute approximate surface area is 537 Å². The van der Waals surface area contributed by atoms with Crippen LogP contribution in [0, 0.1) is 0 Å². The minimum absolute atomic E-state index is 0.00454. The third kappa shape index (κ3) is 70.6. The summed E-state index contributed by atoms with van der Waals surface area (Å²) in [5, 5.41) is 23.3. The van der Waals surface area contributed by atoms with Gasteiger partial charge in [-0.05, 0) is 96.3 Å². The lowest BCUT2D eigenvalue weighted by molar-refractivity contribution is -0.143. The average molecular weight is 1210 g/mol. The topological polar surface area (TPSA) is 95.9 Å². The first kappa shape index (κ1) is 83.6. The van der Waals surface area contributed by atoms with Crippen LogP contribution in [0.25, 0.3) is 0 Å². The molecule has 86 heavy (non-hydrogen) atoms. The second-order valence-corrected chi connectivity index (χ2v) is 26.3. The minimum Gasteiger partial charge on any atom is -0.466 e. The zero-order valence-electron chi connectivity index (χ0n) is 57.8. The van der Waals surface area contributed by atoms with Gasteiger partial charge in [0.1, 0.15) is 0 Å². The summed E-state index contributed by atoms with van der Waals surface area (Å²) >= 11 is 0. The number of carbonyl (C=O) groups is 2. The maximum absolute atomic E-state index is 12.5. The van der Waals surface area contributed by atoms with Crippen molar-refractivity contribution in [3.8, 4) is 0 Å². The standard InChI is InChI=1S/C80H149NO5/c1-3-5-7-9-11-13-15-17-19-21-23-24-34-37-40-44-48-52-56-60-64-68-72-78(83)77(76-82)81-79(84)73-69-65-61-57-53-49-45-41-38-35-32-30-28-26-25-27-29-31-33-36-39-43-47-51-55-59-63-67-71-75-86-80(85)74-70-66-62-58-54-50-46-42-22-20-18-16-14-12-10-8-6-4-2/h14,16,20,22,25,27,31,33,68,72,77-78,82-83H,3-13,15,17-19,21,23-24,26,28-30,32,34-67,69-71,73-76H2,1-2H3,(H,81,84)/b16-14-,22-20-,27-25-,33-31-,72-68+. The molecule has 0 saturated heterocycles. The van der Waals surface area contributed by atoms with Crippen LogP contribution in [0.2, 0.25) is 0 Å². The molecule has 0 aliphatic heterocycles. The van der Waals surface area contributed by atoms with Crippen LogP contribution in [0.4, 0.5) is 0 Å². The van der Waals surface area contributed by atoms with Gasteiger partial charge in [0.15, 0.2) is 0 Å². The summed E-state index contributed by atoms with van der Waals surface area (Å²) in [4.78, 5) is 24.6. The molecule has 0 aromatic carbocycles. The van der Waals surface area contributed by atoms with Gasteiger partial charge < -0.3 is 20.3 Å². The van der Waals surface area contributed by atoms with E-state index in [2.05, 4.69) is 67.8 Å². The fourth-order valence-electron chi connectivity index (χ4n) is 11.9. The molecule has 6 heteroatoms. The normalized spacial score (nSPS) is 12.8. The minimum atomic E-state index is -0.848. The largest absolute Gasteiger partial charge is 0.466 e. The van der Waals surface area contributed by atoms with Crippen LogP contribution in [0.1, 0.15) is 412 Å². The fraction of sp³-hybridized carbons (Fsp3) is 0.850. The highest BCUT2D eigenvalue weighted by Gasteiger charge is 2.18. The van der Waals surface area contributed by atoms with Crippen molar-refractivity contribution >= 4 is 11.9 Å². The van der Waals surface area contributed by atoms with Crippen LogP contribution in [-0.2, 0) is 14.3 Å². The SMILES string of the molecule is CCCCCC/C=C\C/C=C\CCCCCCCCCC(=O)OCCCCCCCCCCC/C=C\C/C=C\CCCCCCCCCCCCCCCC(=O)NC(CO)C(O)/C=C/CCCCCCCCCCCCCCCCCCCCCC. The first-order valence-corrected chi connectivity index (χ1v) is 38.6. The maximum Gasteiger partial charge on any atom is 0.305 e. The van der Waals surface area contributed by atoms with Gasteiger partial charge in [-0.3, -0.25) is 9.59 Å². The molecule has 6 nitrogen and oxygen atoms in total. The zero-order valence-corrected chi connectivity index (χ0v) is 57.8. The number of amides is 1. The molecule has 0 aromatic heterocycles. The van der Waals surface area contributed by atoms with Crippen LogP contribution in [0.3, 0.4) is 0 Å². The Morgan fingerprint density at radius 2 is 0.581 bits per heavy atom. The number of rotatable bonds is 72. The molecular weight excluding hydrogens is 1050 g/mol. The maximum atomic E-state index is 12.5. The van der Waals surface area contributed by atoms with Crippen LogP contribution in [0.15, 0.2) is 60.8 Å². The van der Waals surface area contributed by atoms with E-state index in [0.29, 0.717) is 19.4 Å². The second-order valence-electron chi connectivity index (χ2n) is 26.3. The quantitative estimate of drug-likeness (QED) is 0.0320. The van der Waals surface area contributed by atoms with Crippen LogP contribution >= 0.6 is 0 Å². The number of aliphatic hydroxyl groups is 2. The number of hydrogen-bond donors (Lipinski definition) is 3. The van der Waals surface area contributed by atoms with Crippen molar-refractivity contribution in [2.75, 3.05) is 13.2 Å². The number of nitrogens with one attached hydrogen (secondary N) is 1. The van der Waals surface area contributed by atoms with Gasteiger partial charge in [-0.2, -0.15) is 0 Å². The number of hydrogen-bond acceptors (Lipinski definition) is 5. The molecule has 0 radical (unpaired) electrons. The number of allylic oxidation sites excluding steroid dienone is 9. The molecule has 0 fully saturated rings. The van der Waals surface area contributed by atoms with E-state index in [9.17, 15) is 19.8 Å². The van der Waals surface area contributed by atoms with E-state index in [1.54, 1.807) is 6.08 Å². The summed E-state index contributed by atoms with van der Waals surface area (Å²) in [5.74, 6) is -0.0610. The molecule has 0 spiro atoms. The molecule has 0 bridgehead atoms. The summed E-state index contributed by atoms with van der Waals surface area (Å²) in [7, 11) is 0. The smallest absolute Gasteiger partial charge is 0.305 e. The molecule has 0 aliphatic carbocycles. The van der Waals surface area contributed by atoms with Gasteiger partial charge >= 0.3 is 5.97 Å². The van der Waals surface area contributed by atoms with Crippen LogP contribution in [0.5, 0.6) is 0 Å². The molecule has 0 aromatic rings. The van der Waals surface area contributed by atoms with Crippen molar-refractivity contribution in [3.63, 3.8) is 0 Å². The van der Waals surface area contributed by atoms with Crippen molar-refractivity contribution in [1.29, 1.82) is 0 Å². The molecule has 0 heterocycles. The fourth-order valence-corrected chi connectivity index (χ4v) is 11.9. The van der Waals surface area contributed by atoms with Gasteiger partial charge in [0.05, 0.1) is 25.4 Å². The average Bonchev–Trinajstić information content (AvgIpc) is 3.53. The molecule has 0 saturated carbocycles. The lowest BCUT2D eigenvalue weighted by atomic mass is 10.0. The Morgan fingerprint density at radius 1 is 0.326 bits per heavy atom. The van der Waals surface area contributed by atoms with Gasteiger partial charge in [0, 0.05) is 12.8 Å². The number of esters is 1. The van der Waals surface area contributed by atoms with E-state index in [1.165, 1.54) is 327 Å². The third-order valence-electron chi connectivity index (χ3n) is 17.8. The number of unbranched alkanes of at least 4 members (excludes halogenated alkanes) is 53. The first-order valence-electron chi connectivity index (χ1n) is 38.6. The Hall–Kier alpha value is -2.44. The van der Waals surface area contributed by atoms with Crippen molar-refractivity contribution in [2.24, 2.45) is 0 Å². The van der Waals surface area contributed by atoms with Crippen molar-refractivity contribution < 1.29 is 24.5 Å². The summed E-state index contributed by atoms with van der Waals surface area (Å²) < 4.78 is 5.50. The van der Waals surface area contributed by atoms with E-state index >= 15 is 0 Å². The number of aliphatic hydroxyl groups excluding tert-OH is 2. The summed E-state index contributed by atoms with van der Waals surface area (Å²) in [5.41, 5.74) is 0.